The number of aromatic nitrogens is 2. The van der Waals surface area contributed by atoms with Crippen molar-refractivity contribution in [1.82, 2.24) is 14.9 Å². The smallest absolute Gasteiger partial charge is 0.123 e. The van der Waals surface area contributed by atoms with Gasteiger partial charge >= 0.3 is 0 Å². The van der Waals surface area contributed by atoms with Crippen LogP contribution in [0.15, 0.2) is 36.7 Å². The Labute approximate surface area is 126 Å². The van der Waals surface area contributed by atoms with E-state index in [2.05, 4.69) is 28.7 Å². The fourth-order valence-electron chi connectivity index (χ4n) is 2.55. The third-order valence-electron chi connectivity index (χ3n) is 3.63. The van der Waals surface area contributed by atoms with Gasteiger partial charge in [-0.15, -0.1) is 0 Å². The van der Waals surface area contributed by atoms with E-state index in [0.29, 0.717) is 0 Å². The van der Waals surface area contributed by atoms with Crippen LogP contribution in [0, 0.1) is 5.82 Å². The molecule has 0 aliphatic carbocycles. The summed E-state index contributed by atoms with van der Waals surface area (Å²) in [7, 11) is 0. The molecular weight excluding hydrogens is 265 g/mol. The number of rotatable bonds is 8. The summed E-state index contributed by atoms with van der Waals surface area (Å²) in [5, 5.41) is 3.55. The van der Waals surface area contributed by atoms with Crippen LogP contribution < -0.4 is 5.32 Å². The Bertz CT molecular complexity index is 550. The first-order valence-electron chi connectivity index (χ1n) is 7.70. The molecule has 0 aliphatic rings. The highest BCUT2D eigenvalue weighted by Crippen LogP contribution is 2.10. The highest BCUT2D eigenvalue weighted by Gasteiger charge is 2.13. The van der Waals surface area contributed by atoms with E-state index >= 15 is 0 Å². The van der Waals surface area contributed by atoms with Gasteiger partial charge in [-0.3, -0.25) is 0 Å². The number of aryl methyl sites for hydroxylation is 1. The Balaban J connectivity index is 2.07. The zero-order valence-corrected chi connectivity index (χ0v) is 12.8. The van der Waals surface area contributed by atoms with Gasteiger partial charge in [-0.2, -0.15) is 0 Å². The van der Waals surface area contributed by atoms with Crippen molar-refractivity contribution in [2.75, 3.05) is 6.54 Å². The van der Waals surface area contributed by atoms with Crippen molar-refractivity contribution < 1.29 is 4.39 Å². The molecule has 0 radical (unpaired) electrons. The summed E-state index contributed by atoms with van der Waals surface area (Å²) in [6, 6.07) is 7.14. The molecule has 1 N–H and O–H groups in total. The monoisotopic (exact) mass is 289 g/mol. The second-order valence-corrected chi connectivity index (χ2v) is 5.32. The van der Waals surface area contributed by atoms with Crippen molar-refractivity contribution >= 4 is 0 Å². The molecule has 0 saturated carbocycles. The number of halogens is 1. The highest BCUT2D eigenvalue weighted by molar-refractivity contribution is 5.18. The molecular formula is C17H24FN3. The van der Waals surface area contributed by atoms with E-state index < -0.39 is 0 Å². The Morgan fingerprint density at radius 3 is 2.86 bits per heavy atom. The summed E-state index contributed by atoms with van der Waals surface area (Å²) in [5.74, 6) is 0.916. The molecule has 21 heavy (non-hydrogen) atoms. The first-order chi connectivity index (χ1) is 10.2. The number of nitrogens with zero attached hydrogens (tertiary/aromatic N) is 2. The fourth-order valence-corrected chi connectivity index (χ4v) is 2.55. The predicted octanol–water partition coefficient (Wildman–Crippen LogP) is 3.20. The Morgan fingerprint density at radius 2 is 2.14 bits per heavy atom. The lowest BCUT2D eigenvalue weighted by molar-refractivity contribution is 0.484. The van der Waals surface area contributed by atoms with E-state index in [1.807, 2.05) is 18.5 Å². The number of hydrogen-bond donors (Lipinski definition) is 1. The fraction of sp³-hybridized carbons (Fsp3) is 0.471. The third-order valence-corrected chi connectivity index (χ3v) is 3.63. The predicted molar refractivity (Wildman–Crippen MR) is 83.8 cm³/mol. The van der Waals surface area contributed by atoms with Crippen LogP contribution in [0.25, 0.3) is 0 Å². The average Bonchev–Trinajstić information content (AvgIpc) is 2.92. The molecule has 0 saturated heterocycles. The van der Waals surface area contributed by atoms with Gasteiger partial charge in [-0.25, -0.2) is 9.37 Å². The van der Waals surface area contributed by atoms with Gasteiger partial charge in [0.25, 0.3) is 0 Å². The van der Waals surface area contributed by atoms with Crippen molar-refractivity contribution in [2.24, 2.45) is 0 Å². The van der Waals surface area contributed by atoms with Gasteiger partial charge in [-0.05, 0) is 44.0 Å². The molecule has 1 unspecified atom stereocenters. The third kappa shape index (κ3) is 4.67. The second-order valence-electron chi connectivity index (χ2n) is 5.32. The zero-order chi connectivity index (χ0) is 15.1. The van der Waals surface area contributed by atoms with Gasteiger partial charge in [0, 0.05) is 31.4 Å². The normalized spacial score (nSPS) is 12.5. The minimum Gasteiger partial charge on any atom is -0.335 e. The molecule has 114 valence electrons. The summed E-state index contributed by atoms with van der Waals surface area (Å²) in [6.07, 6.45) is 6.61. The summed E-state index contributed by atoms with van der Waals surface area (Å²) in [5.41, 5.74) is 1.03. The van der Waals surface area contributed by atoms with E-state index in [1.54, 1.807) is 12.1 Å². The lowest BCUT2D eigenvalue weighted by atomic mass is 10.0. The van der Waals surface area contributed by atoms with Crippen LogP contribution in [0.5, 0.6) is 0 Å². The van der Waals surface area contributed by atoms with Gasteiger partial charge in [0.05, 0.1) is 0 Å². The number of imidazole rings is 1. The molecule has 0 aliphatic heterocycles. The lowest BCUT2D eigenvalue weighted by Crippen LogP contribution is -2.34. The van der Waals surface area contributed by atoms with Crippen LogP contribution >= 0.6 is 0 Å². The number of hydrogen-bond acceptors (Lipinski definition) is 2. The van der Waals surface area contributed by atoms with Crippen LogP contribution in [-0.2, 0) is 19.4 Å². The first-order valence-corrected chi connectivity index (χ1v) is 7.70. The molecule has 4 heteroatoms. The van der Waals surface area contributed by atoms with Crippen LogP contribution in [0.3, 0.4) is 0 Å². The molecule has 3 nitrogen and oxygen atoms in total. The molecule has 1 aromatic carbocycles. The maximum Gasteiger partial charge on any atom is 0.123 e. The number of benzene rings is 1. The Hall–Kier alpha value is -1.68. The van der Waals surface area contributed by atoms with Gasteiger partial charge in [-0.1, -0.05) is 19.1 Å². The van der Waals surface area contributed by atoms with Crippen LogP contribution in [0.1, 0.15) is 31.7 Å². The Kier molecular flexibility index (Phi) is 5.93. The van der Waals surface area contributed by atoms with Crippen molar-refractivity contribution in [3.63, 3.8) is 0 Å². The van der Waals surface area contributed by atoms with Crippen LogP contribution in [-0.4, -0.2) is 22.1 Å². The molecule has 1 heterocycles. The van der Waals surface area contributed by atoms with Crippen molar-refractivity contribution in [2.45, 2.75) is 45.7 Å². The molecule has 0 bridgehead atoms. The average molecular weight is 289 g/mol. The minimum absolute atomic E-state index is 0.170. The molecule has 1 atom stereocenters. The number of nitrogens with one attached hydrogen (secondary N) is 1. The van der Waals surface area contributed by atoms with Crippen LogP contribution in [0.2, 0.25) is 0 Å². The molecule has 0 amide bonds. The SMILES string of the molecule is CCCNC(Cc1cccc(F)c1)Cc1nccn1CC. The summed E-state index contributed by atoms with van der Waals surface area (Å²) >= 11 is 0. The minimum atomic E-state index is -0.170. The largest absolute Gasteiger partial charge is 0.335 e. The quantitative estimate of drug-likeness (QED) is 0.809. The summed E-state index contributed by atoms with van der Waals surface area (Å²) < 4.78 is 15.5. The zero-order valence-electron chi connectivity index (χ0n) is 12.8. The maximum absolute atomic E-state index is 13.3. The molecule has 2 aromatic rings. The van der Waals surface area contributed by atoms with Gasteiger partial charge in [0.2, 0.25) is 0 Å². The van der Waals surface area contributed by atoms with Crippen molar-refractivity contribution in [3.8, 4) is 0 Å². The molecule has 0 fully saturated rings. The second kappa shape index (κ2) is 7.93. The molecule has 1 aromatic heterocycles. The topological polar surface area (TPSA) is 29.9 Å². The standard InChI is InChI=1S/C17H24FN3/c1-3-8-19-16(12-14-6-5-7-15(18)11-14)13-17-20-9-10-21(17)4-2/h5-7,9-11,16,19H,3-4,8,12-13H2,1-2H3. The van der Waals surface area contributed by atoms with Crippen molar-refractivity contribution in [1.29, 1.82) is 0 Å². The van der Waals surface area contributed by atoms with E-state index in [1.165, 1.54) is 6.07 Å². The van der Waals surface area contributed by atoms with E-state index in [-0.39, 0.29) is 11.9 Å². The molecule has 2 rings (SSSR count). The van der Waals surface area contributed by atoms with Gasteiger partial charge in [0.1, 0.15) is 11.6 Å². The first kappa shape index (κ1) is 15.7. The van der Waals surface area contributed by atoms with E-state index in [9.17, 15) is 4.39 Å². The van der Waals surface area contributed by atoms with Crippen LogP contribution in [0.4, 0.5) is 4.39 Å². The van der Waals surface area contributed by atoms with Gasteiger partial charge < -0.3 is 9.88 Å². The summed E-state index contributed by atoms with van der Waals surface area (Å²) in [4.78, 5) is 4.44. The van der Waals surface area contributed by atoms with Crippen molar-refractivity contribution in [3.05, 3.63) is 53.9 Å². The molecule has 0 spiro atoms. The van der Waals surface area contributed by atoms with E-state index in [4.69, 9.17) is 0 Å². The lowest BCUT2D eigenvalue weighted by Gasteiger charge is -2.19. The highest BCUT2D eigenvalue weighted by atomic mass is 19.1. The summed E-state index contributed by atoms with van der Waals surface area (Å²) in [6.45, 7) is 6.16. The van der Waals surface area contributed by atoms with E-state index in [0.717, 1.165) is 43.7 Å². The Morgan fingerprint density at radius 1 is 1.29 bits per heavy atom. The maximum atomic E-state index is 13.3. The van der Waals surface area contributed by atoms with Gasteiger partial charge in [0.15, 0.2) is 0 Å².